The van der Waals surface area contributed by atoms with Crippen molar-refractivity contribution in [1.29, 1.82) is 0 Å². The van der Waals surface area contributed by atoms with Crippen molar-refractivity contribution < 1.29 is 37.8 Å². The zero-order chi connectivity index (χ0) is 27.2. The Morgan fingerprint density at radius 1 is 1.16 bits per heavy atom. The summed E-state index contributed by atoms with van der Waals surface area (Å²) < 4.78 is 29.8. The molecule has 0 atom stereocenters. The minimum absolute atomic E-state index is 0.153. The van der Waals surface area contributed by atoms with Gasteiger partial charge in [0.2, 0.25) is 5.91 Å². The van der Waals surface area contributed by atoms with Crippen molar-refractivity contribution in [2.75, 3.05) is 51.9 Å². The van der Waals surface area contributed by atoms with E-state index in [0.29, 0.717) is 42.0 Å². The first-order chi connectivity index (χ1) is 18.2. The molecule has 0 saturated carbocycles. The fourth-order valence-corrected chi connectivity index (χ4v) is 4.90. The number of halogens is 2. The predicted molar refractivity (Wildman–Crippen MR) is 141 cm³/mol. The van der Waals surface area contributed by atoms with Crippen LogP contribution in [0.5, 0.6) is 11.5 Å². The maximum Gasteiger partial charge on any atom is 0.294 e. The Hall–Kier alpha value is -3.42. The van der Waals surface area contributed by atoms with Gasteiger partial charge in [-0.3, -0.25) is 24.1 Å². The van der Waals surface area contributed by atoms with E-state index < -0.39 is 22.9 Å². The monoisotopic (exact) mass is 607 g/mol. The molecule has 10 nitrogen and oxygen atoms in total. The molecule has 4 rings (SSSR count). The number of rotatable bonds is 8. The maximum atomic E-state index is 13.0. The molecule has 38 heavy (non-hydrogen) atoms. The highest BCUT2D eigenvalue weighted by atomic mass is 79.9. The molecule has 2 heterocycles. The Morgan fingerprint density at radius 2 is 1.87 bits per heavy atom. The van der Waals surface area contributed by atoms with Crippen LogP contribution in [0.2, 0.25) is 0 Å². The van der Waals surface area contributed by atoms with Crippen molar-refractivity contribution in [2.45, 2.75) is 0 Å². The molecule has 2 aromatic rings. The largest absolute Gasteiger partial charge is 0.493 e. The number of hydrogen-bond acceptors (Lipinski definition) is 8. The molecule has 13 heteroatoms. The predicted octanol–water partition coefficient (Wildman–Crippen LogP) is 3.51. The van der Waals surface area contributed by atoms with Crippen LogP contribution in [0.3, 0.4) is 0 Å². The zero-order valence-corrected chi connectivity index (χ0v) is 22.6. The number of imide groups is 1. The van der Waals surface area contributed by atoms with Crippen LogP contribution in [-0.4, -0.2) is 79.3 Å². The number of thioether (sulfide) groups is 1. The van der Waals surface area contributed by atoms with E-state index in [4.69, 9.17) is 14.2 Å². The van der Waals surface area contributed by atoms with E-state index in [1.807, 2.05) is 0 Å². The highest BCUT2D eigenvalue weighted by Crippen LogP contribution is 2.38. The lowest BCUT2D eigenvalue weighted by molar-refractivity contribution is -0.139. The summed E-state index contributed by atoms with van der Waals surface area (Å²) >= 11 is 4.16. The third-order valence-electron chi connectivity index (χ3n) is 5.59. The molecule has 2 aliphatic rings. The number of hydrogen-bond donors (Lipinski definition) is 1. The number of nitrogens with one attached hydrogen (secondary N) is 1. The van der Waals surface area contributed by atoms with Crippen LogP contribution < -0.4 is 14.8 Å². The van der Waals surface area contributed by atoms with Gasteiger partial charge < -0.3 is 24.4 Å². The summed E-state index contributed by atoms with van der Waals surface area (Å²) in [7, 11) is 1.42. The quantitative estimate of drug-likeness (QED) is 0.453. The number of amides is 4. The lowest BCUT2D eigenvalue weighted by atomic mass is 10.2. The molecule has 2 aliphatic heterocycles. The van der Waals surface area contributed by atoms with Gasteiger partial charge >= 0.3 is 0 Å². The average molecular weight is 608 g/mol. The van der Waals surface area contributed by atoms with E-state index in [0.717, 1.165) is 16.7 Å². The van der Waals surface area contributed by atoms with Gasteiger partial charge in [-0.05, 0) is 59.8 Å². The van der Waals surface area contributed by atoms with E-state index in [-0.39, 0.29) is 35.5 Å². The number of carbonyl (C=O) groups excluding carboxylic acids is 4. The lowest BCUT2D eigenvalue weighted by Gasteiger charge is -2.28. The van der Waals surface area contributed by atoms with E-state index in [9.17, 15) is 23.6 Å². The maximum absolute atomic E-state index is 13.0. The highest BCUT2D eigenvalue weighted by Gasteiger charge is 2.37. The number of morpholine rings is 1. The second kappa shape index (κ2) is 12.4. The Labute approximate surface area is 230 Å². The van der Waals surface area contributed by atoms with Crippen molar-refractivity contribution in [2.24, 2.45) is 0 Å². The number of anilines is 1. The molecule has 0 spiro atoms. The molecular formula is C25H23BrFN3O7S. The fraction of sp³-hybridized carbons (Fsp3) is 0.280. The molecule has 4 amide bonds. The van der Waals surface area contributed by atoms with Crippen LogP contribution in [0.15, 0.2) is 45.8 Å². The Morgan fingerprint density at radius 3 is 2.55 bits per heavy atom. The molecule has 0 aliphatic carbocycles. The van der Waals surface area contributed by atoms with Gasteiger partial charge in [0.25, 0.3) is 17.1 Å². The third-order valence-corrected chi connectivity index (χ3v) is 7.18. The van der Waals surface area contributed by atoms with Gasteiger partial charge in [0.15, 0.2) is 18.1 Å². The zero-order valence-electron chi connectivity index (χ0n) is 20.2. The smallest absolute Gasteiger partial charge is 0.294 e. The number of ether oxygens (including phenoxy) is 3. The van der Waals surface area contributed by atoms with Gasteiger partial charge in [-0.25, -0.2) is 4.39 Å². The Balaban J connectivity index is 1.42. The second-order valence-corrected chi connectivity index (χ2v) is 9.98. The van der Waals surface area contributed by atoms with Crippen LogP contribution >= 0.6 is 27.7 Å². The molecule has 0 radical (unpaired) electrons. The first-order valence-electron chi connectivity index (χ1n) is 11.4. The molecule has 0 unspecified atom stereocenters. The summed E-state index contributed by atoms with van der Waals surface area (Å²) in [5.74, 6) is -1.21. The lowest BCUT2D eigenvalue weighted by Crippen LogP contribution is -2.46. The average Bonchev–Trinajstić information content (AvgIpc) is 3.17. The van der Waals surface area contributed by atoms with E-state index in [1.54, 1.807) is 17.0 Å². The fourth-order valence-electron chi connectivity index (χ4n) is 3.63. The van der Waals surface area contributed by atoms with Crippen molar-refractivity contribution in [3.8, 4) is 11.5 Å². The van der Waals surface area contributed by atoms with E-state index in [1.165, 1.54) is 37.5 Å². The van der Waals surface area contributed by atoms with Gasteiger partial charge in [-0.2, -0.15) is 0 Å². The molecule has 2 aromatic carbocycles. The highest BCUT2D eigenvalue weighted by molar-refractivity contribution is 9.10. The van der Waals surface area contributed by atoms with E-state index in [2.05, 4.69) is 21.2 Å². The molecule has 2 saturated heterocycles. The molecule has 0 bridgehead atoms. The summed E-state index contributed by atoms with van der Waals surface area (Å²) in [5, 5.41) is 2.07. The second-order valence-electron chi connectivity index (χ2n) is 8.13. The van der Waals surface area contributed by atoms with Crippen LogP contribution in [0.25, 0.3) is 6.08 Å². The first-order valence-corrected chi connectivity index (χ1v) is 13.0. The van der Waals surface area contributed by atoms with Gasteiger partial charge in [0.05, 0.1) is 25.2 Å². The summed E-state index contributed by atoms with van der Waals surface area (Å²) in [6, 6.07) is 8.48. The number of methoxy groups -OCH3 is 1. The third kappa shape index (κ3) is 6.71. The van der Waals surface area contributed by atoms with Gasteiger partial charge in [-0.1, -0.05) is 15.9 Å². The van der Waals surface area contributed by atoms with Crippen LogP contribution in [0, 0.1) is 5.82 Å². The number of carbonyl (C=O) groups is 4. The molecule has 2 fully saturated rings. The molecule has 1 N–H and O–H groups in total. The summed E-state index contributed by atoms with van der Waals surface area (Å²) in [6.07, 6.45) is 1.52. The van der Waals surface area contributed by atoms with Gasteiger partial charge in [0, 0.05) is 23.2 Å². The van der Waals surface area contributed by atoms with Gasteiger partial charge in [-0.15, -0.1) is 0 Å². The van der Waals surface area contributed by atoms with Crippen molar-refractivity contribution in [3.63, 3.8) is 0 Å². The molecular weight excluding hydrogens is 585 g/mol. The minimum Gasteiger partial charge on any atom is -0.493 e. The van der Waals surface area contributed by atoms with E-state index >= 15 is 0 Å². The summed E-state index contributed by atoms with van der Waals surface area (Å²) in [4.78, 5) is 52.8. The van der Waals surface area contributed by atoms with Crippen molar-refractivity contribution >= 4 is 62.4 Å². The Bertz CT molecular complexity index is 1280. The minimum atomic E-state index is -0.565. The summed E-state index contributed by atoms with van der Waals surface area (Å²) in [6.45, 7) is 0.999. The normalized spacial score (nSPS) is 16.7. The van der Waals surface area contributed by atoms with Crippen LogP contribution in [0.4, 0.5) is 14.9 Å². The Kier molecular flexibility index (Phi) is 9.02. The number of benzene rings is 2. The molecule has 200 valence electrons. The first kappa shape index (κ1) is 27.6. The molecule has 0 aromatic heterocycles. The number of nitrogens with zero attached hydrogens (tertiary/aromatic N) is 2. The van der Waals surface area contributed by atoms with Gasteiger partial charge in [0.1, 0.15) is 12.4 Å². The van der Waals surface area contributed by atoms with Crippen molar-refractivity contribution in [3.05, 3.63) is 57.2 Å². The summed E-state index contributed by atoms with van der Waals surface area (Å²) in [5.41, 5.74) is 0.944. The van der Waals surface area contributed by atoms with Crippen LogP contribution in [0.1, 0.15) is 5.56 Å². The topological polar surface area (TPSA) is 114 Å². The van der Waals surface area contributed by atoms with Crippen LogP contribution in [-0.2, 0) is 19.1 Å². The standard InChI is InChI=1S/C25H23BrFN3O7S/c1-35-19-10-15(18(26)12-20(19)37-14-22(31)28-17-4-2-16(27)3-5-17)11-21-24(33)30(25(34)38-21)13-23(32)29-6-8-36-9-7-29/h2-5,10-12H,6-9,13-14H2,1H3,(H,28,31)/b21-11+. The SMILES string of the molecule is COc1cc(/C=C2/SC(=O)N(CC(=O)N3CCOCC3)C2=O)c(Br)cc1OCC(=O)Nc1ccc(F)cc1. The van der Waals surface area contributed by atoms with Crippen molar-refractivity contribution in [1.82, 2.24) is 9.80 Å².